The summed E-state index contributed by atoms with van der Waals surface area (Å²) in [6, 6.07) is 18.9. The zero-order valence-electron chi connectivity index (χ0n) is 20.8. The Morgan fingerprint density at radius 2 is 1.60 bits per heavy atom. The number of alkyl halides is 3. The van der Waals surface area contributed by atoms with Gasteiger partial charge < -0.3 is 14.8 Å². The molecular weight excluding hydrogens is 552 g/mol. The van der Waals surface area contributed by atoms with E-state index in [9.17, 15) is 27.2 Å². The molecule has 0 aliphatic rings. The van der Waals surface area contributed by atoms with Crippen LogP contribution in [0, 0.1) is 5.82 Å². The van der Waals surface area contributed by atoms with Crippen LogP contribution in [0.1, 0.15) is 32.7 Å². The molecule has 0 aliphatic heterocycles. The van der Waals surface area contributed by atoms with Gasteiger partial charge in [0, 0.05) is 12.6 Å². The fourth-order valence-corrected chi connectivity index (χ4v) is 4.25. The van der Waals surface area contributed by atoms with Gasteiger partial charge in [-0.3, -0.25) is 4.98 Å². The van der Waals surface area contributed by atoms with Crippen molar-refractivity contribution >= 4 is 23.7 Å². The molecule has 4 aromatic rings. The minimum Gasteiger partial charge on any atom is -0.465 e. The molecule has 11 heteroatoms. The third-order valence-electron chi connectivity index (χ3n) is 6.00. The van der Waals surface area contributed by atoms with Crippen molar-refractivity contribution < 1.29 is 36.6 Å². The third kappa shape index (κ3) is 6.58. The van der Waals surface area contributed by atoms with Gasteiger partial charge in [0.2, 0.25) is 0 Å². The average Bonchev–Trinajstić information content (AvgIpc) is 2.92. The number of methoxy groups -OCH3 is 1. The van der Waals surface area contributed by atoms with Crippen molar-refractivity contribution in [2.75, 3.05) is 7.11 Å². The number of ether oxygens (including phenoxy) is 2. The minimum absolute atomic E-state index is 0.0260. The van der Waals surface area contributed by atoms with Crippen molar-refractivity contribution in [2.45, 2.75) is 18.1 Å². The molecule has 1 N–H and O–H groups in total. The number of carbonyl (C=O) groups is 2. The predicted octanol–water partition coefficient (Wildman–Crippen LogP) is 6.95. The van der Waals surface area contributed by atoms with E-state index >= 15 is 0 Å². The van der Waals surface area contributed by atoms with Crippen LogP contribution >= 0.6 is 11.6 Å². The summed E-state index contributed by atoms with van der Waals surface area (Å²) in [5.74, 6) is -1.74. The number of benzene rings is 3. The lowest BCUT2D eigenvalue weighted by Crippen LogP contribution is -2.50. The fraction of sp³-hybridized carbons (Fsp3) is 0.138. The Hall–Kier alpha value is -4.44. The first-order valence-corrected chi connectivity index (χ1v) is 12.1. The Morgan fingerprint density at radius 1 is 0.925 bits per heavy atom. The SMILES string of the molecule is COC(=O)c1ccc(OC(=O)NC(Cc2ccccc2)(c2cc(F)cc(C(F)(F)F)c2)c2ccc(Cl)cn2)cc1. The van der Waals surface area contributed by atoms with Gasteiger partial charge in [-0.15, -0.1) is 0 Å². The Balaban J connectivity index is 1.84. The number of esters is 1. The number of aromatic nitrogens is 1. The van der Waals surface area contributed by atoms with Gasteiger partial charge in [-0.05, 0) is 65.7 Å². The largest absolute Gasteiger partial charge is 0.465 e. The molecule has 1 unspecified atom stereocenters. The monoisotopic (exact) mass is 572 g/mol. The summed E-state index contributed by atoms with van der Waals surface area (Å²) < 4.78 is 66.0. The smallest absolute Gasteiger partial charge is 0.416 e. The van der Waals surface area contributed by atoms with Crippen molar-refractivity contribution in [1.29, 1.82) is 0 Å². The van der Waals surface area contributed by atoms with Crippen LogP contribution in [0.5, 0.6) is 5.75 Å². The van der Waals surface area contributed by atoms with Crippen LogP contribution in [0.2, 0.25) is 5.02 Å². The Morgan fingerprint density at radius 3 is 2.20 bits per heavy atom. The van der Waals surface area contributed by atoms with Crippen LogP contribution in [0.4, 0.5) is 22.4 Å². The van der Waals surface area contributed by atoms with E-state index in [1.165, 1.54) is 49.7 Å². The molecule has 40 heavy (non-hydrogen) atoms. The Labute approximate surface area is 231 Å². The summed E-state index contributed by atoms with van der Waals surface area (Å²) in [6.45, 7) is 0. The molecule has 1 heterocycles. The molecule has 1 aromatic heterocycles. The topological polar surface area (TPSA) is 77.5 Å². The van der Waals surface area contributed by atoms with Gasteiger partial charge >= 0.3 is 18.2 Å². The van der Waals surface area contributed by atoms with E-state index in [-0.39, 0.29) is 34.0 Å². The molecule has 1 amide bonds. The van der Waals surface area contributed by atoms with E-state index in [4.69, 9.17) is 16.3 Å². The van der Waals surface area contributed by atoms with Crippen LogP contribution in [0.25, 0.3) is 0 Å². The number of amides is 1. The zero-order chi connectivity index (χ0) is 28.9. The Bertz CT molecular complexity index is 1500. The van der Waals surface area contributed by atoms with E-state index in [2.05, 4.69) is 15.0 Å². The van der Waals surface area contributed by atoms with Crippen molar-refractivity contribution in [3.63, 3.8) is 0 Å². The van der Waals surface area contributed by atoms with E-state index in [1.807, 2.05) is 0 Å². The lowest BCUT2D eigenvalue weighted by molar-refractivity contribution is -0.137. The van der Waals surface area contributed by atoms with Crippen LogP contribution in [-0.4, -0.2) is 24.2 Å². The molecule has 1 atom stereocenters. The second kappa shape index (κ2) is 11.7. The fourth-order valence-electron chi connectivity index (χ4n) is 4.13. The summed E-state index contributed by atoms with van der Waals surface area (Å²) >= 11 is 6.02. The van der Waals surface area contributed by atoms with Gasteiger partial charge in [-0.2, -0.15) is 13.2 Å². The summed E-state index contributed by atoms with van der Waals surface area (Å²) in [4.78, 5) is 29.3. The van der Waals surface area contributed by atoms with Gasteiger partial charge in [-0.25, -0.2) is 14.0 Å². The molecule has 6 nitrogen and oxygen atoms in total. The number of nitrogens with one attached hydrogen (secondary N) is 1. The van der Waals surface area contributed by atoms with Crippen LogP contribution < -0.4 is 10.1 Å². The highest BCUT2D eigenvalue weighted by Gasteiger charge is 2.41. The van der Waals surface area contributed by atoms with Crippen molar-refractivity contribution in [3.05, 3.63) is 130 Å². The van der Waals surface area contributed by atoms with E-state index in [0.717, 1.165) is 12.1 Å². The maximum Gasteiger partial charge on any atom is 0.416 e. The van der Waals surface area contributed by atoms with Crippen molar-refractivity contribution in [2.24, 2.45) is 0 Å². The van der Waals surface area contributed by atoms with Crippen LogP contribution in [-0.2, 0) is 22.9 Å². The number of hydrogen-bond donors (Lipinski definition) is 1. The highest BCUT2D eigenvalue weighted by atomic mass is 35.5. The average molecular weight is 573 g/mol. The summed E-state index contributed by atoms with van der Waals surface area (Å²) in [5, 5.41) is 2.88. The molecule has 3 aromatic carbocycles. The lowest BCUT2D eigenvalue weighted by atomic mass is 9.80. The number of pyridine rings is 1. The first-order chi connectivity index (χ1) is 19.0. The van der Waals surface area contributed by atoms with E-state index in [1.54, 1.807) is 30.3 Å². The second-order valence-electron chi connectivity index (χ2n) is 8.69. The number of nitrogens with zero attached hydrogens (tertiary/aromatic N) is 1. The number of halogens is 5. The second-order valence-corrected chi connectivity index (χ2v) is 9.12. The van der Waals surface area contributed by atoms with Gasteiger partial charge in [0.1, 0.15) is 17.1 Å². The highest BCUT2D eigenvalue weighted by molar-refractivity contribution is 6.30. The zero-order valence-corrected chi connectivity index (χ0v) is 21.6. The van der Waals surface area contributed by atoms with Crippen molar-refractivity contribution in [3.8, 4) is 5.75 Å². The van der Waals surface area contributed by atoms with Gasteiger partial charge in [0.25, 0.3) is 0 Å². The van der Waals surface area contributed by atoms with Crippen molar-refractivity contribution in [1.82, 2.24) is 10.3 Å². The molecule has 0 bridgehead atoms. The molecule has 4 rings (SSSR count). The van der Waals surface area contributed by atoms with Gasteiger partial charge in [-0.1, -0.05) is 41.9 Å². The first-order valence-electron chi connectivity index (χ1n) is 11.7. The number of carbonyl (C=O) groups excluding carboxylic acids is 2. The van der Waals surface area contributed by atoms with Crippen LogP contribution in [0.15, 0.2) is 91.1 Å². The molecule has 0 saturated carbocycles. The molecule has 0 aliphatic carbocycles. The predicted molar refractivity (Wildman–Crippen MR) is 139 cm³/mol. The quantitative estimate of drug-likeness (QED) is 0.191. The van der Waals surface area contributed by atoms with Crippen LogP contribution in [0.3, 0.4) is 0 Å². The summed E-state index contributed by atoms with van der Waals surface area (Å²) in [7, 11) is 1.22. The molecule has 206 valence electrons. The maximum absolute atomic E-state index is 14.7. The van der Waals surface area contributed by atoms with E-state index in [0.29, 0.717) is 11.6 Å². The summed E-state index contributed by atoms with van der Waals surface area (Å²) in [6.07, 6.45) is -4.81. The normalized spacial score (nSPS) is 12.8. The lowest BCUT2D eigenvalue weighted by Gasteiger charge is -2.35. The minimum atomic E-state index is -4.87. The molecule has 0 fully saturated rings. The number of hydrogen-bond acceptors (Lipinski definition) is 5. The highest BCUT2D eigenvalue weighted by Crippen LogP contribution is 2.38. The third-order valence-corrected chi connectivity index (χ3v) is 6.22. The van der Waals surface area contributed by atoms with Gasteiger partial charge in [0.15, 0.2) is 0 Å². The molecule has 0 spiro atoms. The molecule has 0 radical (unpaired) electrons. The first kappa shape index (κ1) is 28.6. The molecule has 0 saturated heterocycles. The standard InChI is InChI=1S/C29H21ClF4N2O4/c1-39-26(37)19-7-10-24(11-8-19)40-27(38)36-28(16-18-5-3-2-4-6-18,25-12-9-22(30)17-35-25)20-13-21(29(32,33)34)15-23(31)14-20/h2-15,17H,16H2,1H3,(H,36,38). The maximum atomic E-state index is 14.7. The van der Waals surface area contributed by atoms with Gasteiger partial charge in [0.05, 0.1) is 29.0 Å². The molecular formula is C29H21ClF4N2O4. The Kier molecular flexibility index (Phi) is 8.39. The number of rotatable bonds is 7. The van der Waals surface area contributed by atoms with E-state index < -0.39 is 35.2 Å². The summed E-state index contributed by atoms with van der Waals surface area (Å²) in [5.41, 5.74) is -2.42.